The molecule has 2 N–H and O–H groups in total. The van der Waals surface area contributed by atoms with Crippen LogP contribution in [0.1, 0.15) is 5.82 Å². The fraction of sp³-hybridized carbons (Fsp3) is 0.522. The maximum Gasteiger partial charge on any atom is 0.319 e. The summed E-state index contributed by atoms with van der Waals surface area (Å²) in [6.07, 6.45) is 0.662. The van der Waals surface area contributed by atoms with Gasteiger partial charge in [0.05, 0.1) is 44.1 Å². The molecule has 0 aliphatic carbocycles. The Hall–Kier alpha value is -2.95. The lowest BCUT2D eigenvalue weighted by Crippen LogP contribution is -2.47. The molecule has 0 saturated carbocycles. The number of morpholine rings is 1. The van der Waals surface area contributed by atoms with Gasteiger partial charge in [0.2, 0.25) is 0 Å². The first-order valence-corrected chi connectivity index (χ1v) is 11.3. The number of aromatic nitrogens is 3. The number of nitrogens with two attached hydrogens (primary N) is 1. The van der Waals surface area contributed by atoms with Gasteiger partial charge in [0, 0.05) is 52.1 Å². The second kappa shape index (κ2) is 10.8. The molecule has 10 heteroatoms. The summed E-state index contributed by atoms with van der Waals surface area (Å²) in [5.74, 6) is 1.31. The van der Waals surface area contributed by atoms with E-state index in [4.69, 9.17) is 24.9 Å². The molecule has 3 aromatic rings. The van der Waals surface area contributed by atoms with Gasteiger partial charge < -0.3 is 34.3 Å². The third-order valence-electron chi connectivity index (χ3n) is 5.86. The van der Waals surface area contributed by atoms with E-state index in [9.17, 15) is 4.79 Å². The second-order valence-electron chi connectivity index (χ2n) is 8.05. The fourth-order valence-electron chi connectivity index (χ4n) is 4.08. The molecule has 0 spiro atoms. The van der Waals surface area contributed by atoms with E-state index in [-0.39, 0.29) is 6.03 Å². The van der Waals surface area contributed by atoms with E-state index in [1.807, 2.05) is 29.2 Å². The Balaban J connectivity index is 1.42. The molecule has 1 aliphatic rings. The van der Waals surface area contributed by atoms with Gasteiger partial charge in [0.25, 0.3) is 0 Å². The van der Waals surface area contributed by atoms with Crippen LogP contribution in [-0.4, -0.2) is 97.2 Å². The number of likely N-dealkylation sites (N-methyl/N-ethyl adjacent to an activating group) is 1. The van der Waals surface area contributed by atoms with Crippen LogP contribution in [0.15, 0.2) is 24.3 Å². The number of imidazole rings is 1. The van der Waals surface area contributed by atoms with Gasteiger partial charge in [-0.05, 0) is 6.07 Å². The number of pyridine rings is 1. The van der Waals surface area contributed by atoms with Crippen molar-refractivity contribution in [2.24, 2.45) is 0 Å². The largest absolute Gasteiger partial charge is 0.384 e. The lowest BCUT2D eigenvalue weighted by molar-refractivity contribution is 0.0416. The SMILES string of the molecule is COCCc1nc2c(N)nc3ccccc3c2n1CCOCCN(C)C(=O)N1CCOCC1. The summed E-state index contributed by atoms with van der Waals surface area (Å²) in [5.41, 5.74) is 8.74. The van der Waals surface area contributed by atoms with Gasteiger partial charge >= 0.3 is 6.03 Å². The Morgan fingerprint density at radius 1 is 1.18 bits per heavy atom. The quantitative estimate of drug-likeness (QED) is 0.489. The van der Waals surface area contributed by atoms with Crippen LogP contribution in [0, 0.1) is 0 Å². The van der Waals surface area contributed by atoms with Crippen LogP contribution in [0.25, 0.3) is 21.9 Å². The zero-order valence-corrected chi connectivity index (χ0v) is 19.3. The predicted octanol–water partition coefficient (Wildman–Crippen LogP) is 1.76. The number of nitrogens with zero attached hydrogens (tertiary/aromatic N) is 5. The molecule has 178 valence electrons. The maximum atomic E-state index is 12.5. The lowest BCUT2D eigenvalue weighted by atomic mass is 10.2. The van der Waals surface area contributed by atoms with Crippen LogP contribution >= 0.6 is 0 Å². The summed E-state index contributed by atoms with van der Waals surface area (Å²) in [7, 11) is 3.48. The average Bonchev–Trinajstić information content (AvgIpc) is 3.21. The Labute approximate surface area is 193 Å². The highest BCUT2D eigenvalue weighted by atomic mass is 16.5. The van der Waals surface area contributed by atoms with Gasteiger partial charge in [-0.3, -0.25) is 0 Å². The number of fused-ring (bicyclic) bond motifs is 3. The minimum atomic E-state index is 0.0128. The normalized spacial score (nSPS) is 14.3. The number of ether oxygens (including phenoxy) is 3. The van der Waals surface area contributed by atoms with Gasteiger partial charge in [0.1, 0.15) is 11.3 Å². The predicted molar refractivity (Wildman–Crippen MR) is 126 cm³/mol. The second-order valence-corrected chi connectivity index (χ2v) is 8.05. The third-order valence-corrected chi connectivity index (χ3v) is 5.86. The van der Waals surface area contributed by atoms with Gasteiger partial charge in [-0.25, -0.2) is 14.8 Å². The highest BCUT2D eigenvalue weighted by Crippen LogP contribution is 2.28. The molecule has 33 heavy (non-hydrogen) atoms. The standard InChI is InChI=1S/C23H32N6O4/c1-27(23(30)28-9-14-33-15-10-28)8-13-32-16-11-29-19(7-12-31-2)26-20-21(29)17-5-3-4-6-18(17)25-22(20)24/h3-6H,7-16H2,1-2H3,(H2,24,25). The number of carbonyl (C=O) groups excluding carboxylic acids is 1. The minimum absolute atomic E-state index is 0.0128. The molecule has 4 rings (SSSR count). The molecule has 1 fully saturated rings. The summed E-state index contributed by atoms with van der Waals surface area (Å²) >= 11 is 0. The van der Waals surface area contributed by atoms with Crippen molar-refractivity contribution >= 4 is 33.8 Å². The first-order valence-electron chi connectivity index (χ1n) is 11.3. The zero-order chi connectivity index (χ0) is 23.2. The number of rotatable bonds is 9. The van der Waals surface area contributed by atoms with Crippen molar-refractivity contribution in [3.63, 3.8) is 0 Å². The first-order chi connectivity index (χ1) is 16.1. The van der Waals surface area contributed by atoms with Crippen LogP contribution in [-0.2, 0) is 27.2 Å². The van der Waals surface area contributed by atoms with E-state index in [0.29, 0.717) is 77.0 Å². The molecular formula is C23H32N6O4. The third kappa shape index (κ3) is 5.18. The summed E-state index contributed by atoms with van der Waals surface area (Å²) in [4.78, 5) is 25.3. The Morgan fingerprint density at radius 3 is 2.76 bits per heavy atom. The zero-order valence-electron chi connectivity index (χ0n) is 19.3. The van der Waals surface area contributed by atoms with Crippen molar-refractivity contribution in [3.05, 3.63) is 30.1 Å². The summed E-state index contributed by atoms with van der Waals surface area (Å²) < 4.78 is 18.6. The van der Waals surface area contributed by atoms with Crippen molar-refractivity contribution in [3.8, 4) is 0 Å². The molecule has 1 saturated heterocycles. The number of amides is 2. The lowest BCUT2D eigenvalue weighted by Gasteiger charge is -2.30. The van der Waals surface area contributed by atoms with Crippen molar-refractivity contribution in [2.45, 2.75) is 13.0 Å². The number of para-hydroxylation sites is 1. The number of anilines is 1. The van der Waals surface area contributed by atoms with Crippen molar-refractivity contribution in [1.29, 1.82) is 0 Å². The molecule has 0 atom stereocenters. The first kappa shape index (κ1) is 23.2. The smallest absolute Gasteiger partial charge is 0.319 e. The van der Waals surface area contributed by atoms with E-state index >= 15 is 0 Å². The molecule has 0 radical (unpaired) electrons. The van der Waals surface area contributed by atoms with Gasteiger partial charge in [-0.1, -0.05) is 18.2 Å². The van der Waals surface area contributed by atoms with E-state index < -0.39 is 0 Å². The van der Waals surface area contributed by atoms with E-state index in [1.165, 1.54) is 0 Å². The fourth-order valence-corrected chi connectivity index (χ4v) is 4.08. The number of hydrogen-bond donors (Lipinski definition) is 1. The highest BCUT2D eigenvalue weighted by Gasteiger charge is 2.20. The Morgan fingerprint density at radius 2 is 1.97 bits per heavy atom. The van der Waals surface area contributed by atoms with E-state index in [1.54, 1.807) is 19.1 Å². The molecule has 1 aromatic carbocycles. The molecule has 2 amide bonds. The summed E-state index contributed by atoms with van der Waals surface area (Å²) in [6, 6.07) is 7.94. The molecule has 1 aliphatic heterocycles. The topological polar surface area (TPSA) is 108 Å². The molecule has 2 aromatic heterocycles. The van der Waals surface area contributed by atoms with Crippen molar-refractivity contribution < 1.29 is 19.0 Å². The molecular weight excluding hydrogens is 424 g/mol. The van der Waals surface area contributed by atoms with Gasteiger partial charge in [-0.2, -0.15) is 0 Å². The monoisotopic (exact) mass is 456 g/mol. The van der Waals surface area contributed by atoms with Crippen LogP contribution in [0.4, 0.5) is 10.6 Å². The van der Waals surface area contributed by atoms with Crippen molar-refractivity contribution in [2.75, 3.05) is 72.6 Å². The molecule has 10 nitrogen and oxygen atoms in total. The molecule has 0 bridgehead atoms. The summed E-state index contributed by atoms with van der Waals surface area (Å²) in [6.45, 7) is 5.09. The maximum absolute atomic E-state index is 12.5. The minimum Gasteiger partial charge on any atom is -0.384 e. The van der Waals surface area contributed by atoms with Crippen molar-refractivity contribution in [1.82, 2.24) is 24.3 Å². The highest BCUT2D eigenvalue weighted by molar-refractivity contribution is 6.06. The number of nitrogen functional groups attached to an aromatic ring is 1. The van der Waals surface area contributed by atoms with Crippen LogP contribution in [0.3, 0.4) is 0 Å². The Bertz CT molecular complexity index is 1100. The van der Waals surface area contributed by atoms with Crippen LogP contribution < -0.4 is 5.73 Å². The number of benzene rings is 1. The van der Waals surface area contributed by atoms with E-state index in [2.05, 4.69) is 9.55 Å². The number of carbonyl (C=O) groups is 1. The Kier molecular flexibility index (Phi) is 7.58. The van der Waals surface area contributed by atoms with Gasteiger partial charge in [-0.15, -0.1) is 0 Å². The number of methoxy groups -OCH3 is 1. The van der Waals surface area contributed by atoms with E-state index in [0.717, 1.165) is 22.2 Å². The van der Waals surface area contributed by atoms with Crippen LogP contribution in [0.2, 0.25) is 0 Å². The van der Waals surface area contributed by atoms with Gasteiger partial charge in [0.15, 0.2) is 5.82 Å². The summed E-state index contributed by atoms with van der Waals surface area (Å²) in [5, 5.41) is 1.01. The number of urea groups is 1. The molecule has 0 unspecified atom stereocenters. The number of hydrogen-bond acceptors (Lipinski definition) is 7. The van der Waals surface area contributed by atoms with Crippen LogP contribution in [0.5, 0.6) is 0 Å². The average molecular weight is 457 g/mol. The molecule has 3 heterocycles.